The van der Waals surface area contributed by atoms with Crippen LogP contribution in [0.15, 0.2) is 158 Å². The zero-order valence-electron chi connectivity index (χ0n) is 33.0. The number of anilines is 2. The van der Waals surface area contributed by atoms with Crippen molar-refractivity contribution in [1.82, 2.24) is 19.8 Å². The Morgan fingerprint density at radius 1 is 0.559 bits per heavy atom. The van der Waals surface area contributed by atoms with Crippen LogP contribution in [0, 0.1) is 0 Å². The monoisotopic (exact) mass is 786 g/mol. The van der Waals surface area contributed by atoms with E-state index in [9.17, 15) is 9.59 Å². The Hall–Kier alpha value is -6.69. The topological polar surface area (TPSA) is 126 Å². The third kappa shape index (κ3) is 9.38. The number of nitrogens with zero attached hydrogens (tertiary/aromatic N) is 4. The molecular weight excluding hydrogens is 741 g/mol. The third-order valence-corrected chi connectivity index (χ3v) is 10.7. The molecule has 4 amide bonds. The van der Waals surface area contributed by atoms with Gasteiger partial charge in [-0.3, -0.25) is 9.59 Å². The lowest BCUT2D eigenvalue weighted by atomic mass is 9.90. The molecular formula is C48H46N6O5. The number of pyridine rings is 2. The number of hydrogen-bond acceptors (Lipinski definition) is 7. The molecule has 298 valence electrons. The van der Waals surface area contributed by atoms with Crippen molar-refractivity contribution in [3.05, 3.63) is 191 Å². The Morgan fingerprint density at radius 3 is 1.37 bits per heavy atom. The van der Waals surface area contributed by atoms with Gasteiger partial charge in [-0.25, -0.2) is 14.8 Å². The molecule has 4 aromatic carbocycles. The summed E-state index contributed by atoms with van der Waals surface area (Å²) in [5, 5.41) is 5.74. The summed E-state index contributed by atoms with van der Waals surface area (Å²) in [4.78, 5) is 54.8. The third-order valence-electron chi connectivity index (χ3n) is 10.7. The Balaban J connectivity index is 1.19. The van der Waals surface area contributed by atoms with E-state index >= 15 is 4.79 Å². The first-order valence-corrected chi connectivity index (χ1v) is 19.8. The summed E-state index contributed by atoms with van der Waals surface area (Å²) in [6.07, 6.45) is 3.22. The first-order valence-electron chi connectivity index (χ1n) is 19.8. The highest BCUT2D eigenvalue weighted by Crippen LogP contribution is 2.40. The van der Waals surface area contributed by atoms with Gasteiger partial charge in [0, 0.05) is 36.6 Å². The number of ether oxygens (including phenoxy) is 2. The second kappa shape index (κ2) is 17.4. The first-order chi connectivity index (χ1) is 28.7. The average Bonchev–Trinajstić information content (AvgIpc) is 3.56. The van der Waals surface area contributed by atoms with E-state index in [2.05, 4.69) is 44.9 Å². The van der Waals surface area contributed by atoms with Crippen molar-refractivity contribution in [2.45, 2.75) is 69.9 Å². The molecule has 2 fully saturated rings. The highest BCUT2D eigenvalue weighted by molar-refractivity contribution is 6.04. The summed E-state index contributed by atoms with van der Waals surface area (Å²) < 4.78 is 13.7. The summed E-state index contributed by atoms with van der Waals surface area (Å²) in [6, 6.07) is 44.4. The Kier molecular flexibility index (Phi) is 11.6. The normalized spacial score (nSPS) is 19.7. The average molecular weight is 787 g/mol. The summed E-state index contributed by atoms with van der Waals surface area (Å²) >= 11 is 0. The molecule has 0 saturated carbocycles. The van der Waals surface area contributed by atoms with E-state index in [-0.39, 0.29) is 30.9 Å². The predicted molar refractivity (Wildman–Crippen MR) is 225 cm³/mol. The van der Waals surface area contributed by atoms with Gasteiger partial charge in [0.1, 0.15) is 23.8 Å². The number of fused-ring (bicyclic) bond motifs is 1. The van der Waals surface area contributed by atoms with Gasteiger partial charge in [-0.1, -0.05) is 97.1 Å². The molecule has 2 aliphatic heterocycles. The number of nitrogens with one attached hydrogen (secondary N) is 2. The quantitative estimate of drug-likeness (QED) is 0.128. The lowest BCUT2D eigenvalue weighted by molar-refractivity contribution is -0.157. The number of carbonyl (C=O) groups is 3. The molecule has 6 aromatic rings. The summed E-state index contributed by atoms with van der Waals surface area (Å²) in [5.41, 5.74) is 4.52. The number of rotatable bonds is 12. The molecule has 0 bridgehead atoms. The molecule has 4 heterocycles. The second-order valence-electron chi connectivity index (χ2n) is 15.4. The van der Waals surface area contributed by atoms with Crippen LogP contribution in [0.2, 0.25) is 0 Å². The van der Waals surface area contributed by atoms with Crippen molar-refractivity contribution in [2.75, 3.05) is 10.6 Å². The number of hydrogen-bond donors (Lipinski definition) is 2. The second-order valence-corrected chi connectivity index (χ2v) is 15.4. The van der Waals surface area contributed by atoms with Crippen molar-refractivity contribution >= 4 is 29.5 Å². The van der Waals surface area contributed by atoms with E-state index in [1.165, 1.54) is 0 Å². The number of carbonyl (C=O) groups excluding carboxylic acids is 3. The zero-order valence-corrected chi connectivity index (χ0v) is 33.0. The van der Waals surface area contributed by atoms with Gasteiger partial charge in [-0.2, -0.15) is 0 Å². The van der Waals surface area contributed by atoms with Crippen LogP contribution in [0.5, 0.6) is 0 Å². The van der Waals surface area contributed by atoms with E-state index in [4.69, 9.17) is 9.47 Å². The fourth-order valence-corrected chi connectivity index (χ4v) is 8.01. The fraction of sp³-hybridized carbons (Fsp3) is 0.229. The molecule has 4 atom stereocenters. The van der Waals surface area contributed by atoms with Crippen LogP contribution in [0.25, 0.3) is 0 Å². The van der Waals surface area contributed by atoms with E-state index in [1.54, 1.807) is 48.8 Å². The van der Waals surface area contributed by atoms with Crippen molar-refractivity contribution in [2.24, 2.45) is 0 Å². The molecule has 2 saturated heterocycles. The first kappa shape index (κ1) is 39.2. The van der Waals surface area contributed by atoms with Gasteiger partial charge >= 0.3 is 6.03 Å². The molecule has 59 heavy (non-hydrogen) atoms. The maximum absolute atomic E-state index is 15.6. The molecule has 2 aliphatic rings. The number of benzene rings is 4. The maximum Gasteiger partial charge on any atom is 0.321 e. The van der Waals surface area contributed by atoms with Crippen LogP contribution in [0.3, 0.4) is 0 Å². The maximum atomic E-state index is 15.6. The Bertz CT molecular complexity index is 2220. The van der Waals surface area contributed by atoms with Gasteiger partial charge in [-0.05, 0) is 97.5 Å². The van der Waals surface area contributed by atoms with Crippen LogP contribution in [0.4, 0.5) is 16.4 Å². The Morgan fingerprint density at radius 2 is 0.966 bits per heavy atom. The standard InChI is InChI=1S/C48H46N6O5/c1-48(2)58-43-39(29-33-15-5-3-6-16-33)53(31-35-19-13-21-37(27-35)45(55)51-41-23-9-11-25-49-41)47(57)54(40(44(43)59-48)30-34-17-7-4-8-18-34)32-36-20-14-22-38(28-36)46(56)52-42-24-10-12-26-50-42/h3-28,39-40,43-44H,29-32H2,1-2H3,(H,49,51,55)(H,50,52,56)/t39-,40-,43+,44+/m1/s1. The molecule has 0 radical (unpaired) electrons. The molecule has 2 aromatic heterocycles. The van der Waals surface area contributed by atoms with Crippen LogP contribution in [-0.4, -0.2) is 67.7 Å². The SMILES string of the molecule is CC1(C)O[C@@H]2[C@@H](O1)[C@@H](Cc1ccccc1)N(Cc1cccc(C(=O)Nc3ccccn3)c1)C(=O)N(Cc1cccc(C(=O)Nc3ccccn3)c1)[C@@H]2Cc1ccccc1. The van der Waals surface area contributed by atoms with Gasteiger partial charge in [0.25, 0.3) is 11.8 Å². The summed E-state index contributed by atoms with van der Waals surface area (Å²) in [6.45, 7) is 4.22. The van der Waals surface area contributed by atoms with Crippen molar-refractivity contribution in [1.29, 1.82) is 0 Å². The number of amides is 4. The lowest BCUT2D eigenvalue weighted by Gasteiger charge is -2.37. The fourth-order valence-electron chi connectivity index (χ4n) is 8.01. The van der Waals surface area contributed by atoms with Crippen LogP contribution >= 0.6 is 0 Å². The van der Waals surface area contributed by atoms with Gasteiger partial charge < -0.3 is 29.9 Å². The molecule has 11 nitrogen and oxygen atoms in total. The number of aromatic nitrogens is 2. The smallest absolute Gasteiger partial charge is 0.321 e. The lowest BCUT2D eigenvalue weighted by Crippen LogP contribution is -2.51. The van der Waals surface area contributed by atoms with E-state index in [0.29, 0.717) is 35.6 Å². The molecule has 8 rings (SSSR count). The molecule has 0 spiro atoms. The van der Waals surface area contributed by atoms with E-state index < -0.39 is 30.1 Å². The number of urea groups is 1. The van der Waals surface area contributed by atoms with Gasteiger partial charge in [-0.15, -0.1) is 0 Å². The minimum absolute atomic E-state index is 0.190. The van der Waals surface area contributed by atoms with Gasteiger partial charge in [0.05, 0.1) is 12.1 Å². The van der Waals surface area contributed by atoms with Crippen LogP contribution < -0.4 is 10.6 Å². The van der Waals surface area contributed by atoms with Crippen molar-refractivity contribution in [3.63, 3.8) is 0 Å². The van der Waals surface area contributed by atoms with Gasteiger partial charge in [0.15, 0.2) is 5.79 Å². The molecule has 0 unspecified atom stereocenters. The minimum Gasteiger partial charge on any atom is -0.342 e. The molecule has 2 N–H and O–H groups in total. The van der Waals surface area contributed by atoms with Crippen LogP contribution in [-0.2, 0) is 35.4 Å². The highest BCUT2D eigenvalue weighted by atomic mass is 16.8. The molecule has 0 aliphatic carbocycles. The minimum atomic E-state index is -0.941. The van der Waals surface area contributed by atoms with Crippen molar-refractivity contribution in [3.8, 4) is 0 Å². The van der Waals surface area contributed by atoms with E-state index in [0.717, 1.165) is 22.3 Å². The zero-order chi connectivity index (χ0) is 40.8. The predicted octanol–water partition coefficient (Wildman–Crippen LogP) is 8.16. The summed E-state index contributed by atoms with van der Waals surface area (Å²) in [5.74, 6) is -0.666. The largest absolute Gasteiger partial charge is 0.342 e. The summed E-state index contributed by atoms with van der Waals surface area (Å²) in [7, 11) is 0. The Labute approximate surface area is 344 Å². The van der Waals surface area contributed by atoms with Gasteiger partial charge in [0.2, 0.25) is 0 Å². The van der Waals surface area contributed by atoms with Crippen molar-refractivity contribution < 1.29 is 23.9 Å². The van der Waals surface area contributed by atoms with E-state index in [1.807, 2.05) is 109 Å². The molecule has 11 heteroatoms. The highest BCUT2D eigenvalue weighted by Gasteiger charge is 2.55. The van der Waals surface area contributed by atoms with Crippen LogP contribution in [0.1, 0.15) is 56.8 Å².